The van der Waals surface area contributed by atoms with Crippen molar-refractivity contribution in [3.63, 3.8) is 0 Å². The molecule has 0 bridgehead atoms. The molecule has 1 unspecified atom stereocenters. The Bertz CT molecular complexity index is 690. The van der Waals surface area contributed by atoms with Crippen molar-refractivity contribution in [2.24, 2.45) is 0 Å². The monoisotopic (exact) mass is 347 g/mol. The highest BCUT2D eigenvalue weighted by Crippen LogP contribution is 2.20. The number of aromatic nitrogens is 1. The fourth-order valence-electron chi connectivity index (χ4n) is 3.35. The number of benzene rings is 1. The van der Waals surface area contributed by atoms with Gasteiger partial charge in [-0.15, -0.1) is 12.4 Å². The second-order valence-corrected chi connectivity index (χ2v) is 6.42. The van der Waals surface area contributed by atoms with Crippen LogP contribution in [-0.2, 0) is 6.54 Å². The van der Waals surface area contributed by atoms with Gasteiger partial charge in [-0.3, -0.25) is 4.79 Å². The maximum atomic E-state index is 12.9. The van der Waals surface area contributed by atoms with Crippen LogP contribution in [-0.4, -0.2) is 41.6 Å². The van der Waals surface area contributed by atoms with Crippen LogP contribution in [0, 0.1) is 13.8 Å². The van der Waals surface area contributed by atoms with Gasteiger partial charge >= 0.3 is 0 Å². The van der Waals surface area contributed by atoms with Gasteiger partial charge < -0.3 is 14.8 Å². The maximum absolute atomic E-state index is 12.9. The fraction of sp³-hybridized carbons (Fsp3) is 0.421. The summed E-state index contributed by atoms with van der Waals surface area (Å²) >= 11 is 0. The topological polar surface area (TPSA) is 37.3 Å². The molecular weight excluding hydrogens is 322 g/mol. The predicted molar refractivity (Wildman–Crippen MR) is 100 cm³/mol. The molecule has 1 N–H and O–H groups in total. The quantitative estimate of drug-likeness (QED) is 0.923. The molecule has 1 amide bonds. The number of hydrogen-bond donors (Lipinski definition) is 1. The van der Waals surface area contributed by atoms with Crippen molar-refractivity contribution in [2.75, 3.05) is 20.1 Å². The molecule has 2 aromatic rings. The minimum absolute atomic E-state index is 0. The zero-order chi connectivity index (χ0) is 16.4. The Balaban J connectivity index is 0.00000208. The standard InChI is InChI=1S/C19H25N3O.ClH/c1-14-11-18(19(23)21(3)17-9-10-20-12-17)15(2)22(14)13-16-7-5-4-6-8-16;/h4-8,11,17,20H,9-10,12-13H2,1-3H3;1H. The van der Waals surface area contributed by atoms with Gasteiger partial charge in [0.15, 0.2) is 0 Å². The lowest BCUT2D eigenvalue weighted by atomic mass is 10.1. The van der Waals surface area contributed by atoms with Crippen molar-refractivity contribution in [1.29, 1.82) is 0 Å². The number of amides is 1. The second-order valence-electron chi connectivity index (χ2n) is 6.42. The SMILES string of the molecule is Cc1cc(C(=O)N(C)C2CCNC2)c(C)n1Cc1ccccc1.Cl. The Morgan fingerprint density at radius 2 is 2.00 bits per heavy atom. The number of nitrogens with zero attached hydrogens (tertiary/aromatic N) is 2. The molecule has 24 heavy (non-hydrogen) atoms. The van der Waals surface area contributed by atoms with Crippen LogP contribution in [0.1, 0.15) is 33.7 Å². The van der Waals surface area contributed by atoms with Crippen LogP contribution in [0.4, 0.5) is 0 Å². The Morgan fingerprint density at radius 1 is 1.29 bits per heavy atom. The van der Waals surface area contributed by atoms with E-state index in [1.165, 1.54) is 5.56 Å². The van der Waals surface area contributed by atoms with E-state index >= 15 is 0 Å². The molecule has 1 aliphatic heterocycles. The van der Waals surface area contributed by atoms with Crippen molar-refractivity contribution in [3.8, 4) is 0 Å². The summed E-state index contributed by atoms with van der Waals surface area (Å²) in [5.41, 5.74) is 4.26. The van der Waals surface area contributed by atoms with E-state index in [1.807, 2.05) is 31.0 Å². The molecule has 1 aromatic carbocycles. The van der Waals surface area contributed by atoms with Gasteiger partial charge in [-0.2, -0.15) is 0 Å². The fourth-order valence-corrected chi connectivity index (χ4v) is 3.35. The van der Waals surface area contributed by atoms with Gasteiger partial charge in [0.25, 0.3) is 5.91 Å². The first kappa shape index (κ1) is 18.6. The summed E-state index contributed by atoms with van der Waals surface area (Å²) in [7, 11) is 1.92. The summed E-state index contributed by atoms with van der Waals surface area (Å²) < 4.78 is 2.23. The molecular formula is C19H26ClN3O. The number of likely N-dealkylation sites (N-methyl/N-ethyl adjacent to an activating group) is 1. The third-order valence-corrected chi connectivity index (χ3v) is 4.89. The molecule has 1 aliphatic rings. The minimum atomic E-state index is 0. The predicted octanol–water partition coefficient (Wildman–Crippen LogP) is 3.01. The van der Waals surface area contributed by atoms with E-state index in [2.05, 4.69) is 41.1 Å². The second kappa shape index (κ2) is 7.86. The number of aryl methyl sites for hydroxylation is 1. The Kier molecular flexibility index (Phi) is 6.08. The van der Waals surface area contributed by atoms with Crippen LogP contribution in [0.2, 0.25) is 0 Å². The van der Waals surface area contributed by atoms with Crippen LogP contribution in [0.15, 0.2) is 36.4 Å². The number of hydrogen-bond acceptors (Lipinski definition) is 2. The number of rotatable bonds is 4. The normalized spacial score (nSPS) is 16.7. The lowest BCUT2D eigenvalue weighted by molar-refractivity contribution is 0.0743. The molecule has 1 fully saturated rings. The number of carbonyl (C=O) groups is 1. The number of nitrogens with one attached hydrogen (secondary N) is 1. The maximum Gasteiger partial charge on any atom is 0.255 e. The number of halogens is 1. The van der Waals surface area contributed by atoms with E-state index in [4.69, 9.17) is 0 Å². The van der Waals surface area contributed by atoms with Crippen LogP contribution >= 0.6 is 12.4 Å². The lowest BCUT2D eigenvalue weighted by Crippen LogP contribution is -2.38. The van der Waals surface area contributed by atoms with Gasteiger partial charge in [0.05, 0.1) is 5.56 Å². The molecule has 3 rings (SSSR count). The van der Waals surface area contributed by atoms with Crippen LogP contribution < -0.4 is 5.32 Å². The van der Waals surface area contributed by atoms with E-state index in [0.717, 1.165) is 43.0 Å². The molecule has 5 heteroatoms. The van der Waals surface area contributed by atoms with E-state index in [1.54, 1.807) is 0 Å². The van der Waals surface area contributed by atoms with Gasteiger partial charge in [0, 0.05) is 37.6 Å². The van der Waals surface area contributed by atoms with E-state index in [9.17, 15) is 4.79 Å². The van der Waals surface area contributed by atoms with Gasteiger partial charge in [0.1, 0.15) is 0 Å². The molecule has 1 saturated heterocycles. The van der Waals surface area contributed by atoms with Crippen LogP contribution in [0.3, 0.4) is 0 Å². The van der Waals surface area contributed by atoms with Gasteiger partial charge in [0.2, 0.25) is 0 Å². The van der Waals surface area contributed by atoms with E-state index in [0.29, 0.717) is 6.04 Å². The summed E-state index contributed by atoms with van der Waals surface area (Å²) in [4.78, 5) is 14.8. The minimum Gasteiger partial charge on any atom is -0.344 e. The van der Waals surface area contributed by atoms with Crippen LogP contribution in [0.25, 0.3) is 0 Å². The summed E-state index contributed by atoms with van der Waals surface area (Å²) in [6, 6.07) is 12.7. The van der Waals surface area contributed by atoms with E-state index < -0.39 is 0 Å². The first-order valence-electron chi connectivity index (χ1n) is 8.26. The van der Waals surface area contributed by atoms with E-state index in [-0.39, 0.29) is 18.3 Å². The zero-order valence-corrected chi connectivity index (χ0v) is 15.4. The molecule has 0 radical (unpaired) electrons. The molecule has 4 nitrogen and oxygen atoms in total. The summed E-state index contributed by atoms with van der Waals surface area (Å²) in [5, 5.41) is 3.32. The summed E-state index contributed by atoms with van der Waals surface area (Å²) in [5.74, 6) is 0.131. The van der Waals surface area contributed by atoms with Crippen molar-refractivity contribution in [2.45, 2.75) is 32.9 Å². The summed E-state index contributed by atoms with van der Waals surface area (Å²) in [6.45, 7) is 6.81. The Labute approximate surface area is 150 Å². The Hall–Kier alpha value is -1.78. The number of carbonyl (C=O) groups excluding carboxylic acids is 1. The lowest BCUT2D eigenvalue weighted by Gasteiger charge is -2.23. The molecule has 1 atom stereocenters. The van der Waals surface area contributed by atoms with Gasteiger partial charge in [-0.25, -0.2) is 0 Å². The first-order valence-corrected chi connectivity index (χ1v) is 8.26. The smallest absolute Gasteiger partial charge is 0.255 e. The average molecular weight is 348 g/mol. The molecule has 0 saturated carbocycles. The van der Waals surface area contributed by atoms with Crippen LogP contribution in [0.5, 0.6) is 0 Å². The molecule has 0 aliphatic carbocycles. The largest absolute Gasteiger partial charge is 0.344 e. The third kappa shape index (κ3) is 3.65. The average Bonchev–Trinajstić information content (AvgIpc) is 3.19. The highest BCUT2D eigenvalue weighted by atomic mass is 35.5. The van der Waals surface area contributed by atoms with Gasteiger partial charge in [-0.05, 0) is 38.4 Å². The van der Waals surface area contributed by atoms with Crippen molar-refractivity contribution in [3.05, 3.63) is 58.9 Å². The third-order valence-electron chi connectivity index (χ3n) is 4.89. The summed E-state index contributed by atoms with van der Waals surface area (Å²) in [6.07, 6.45) is 1.03. The molecule has 1 aromatic heterocycles. The molecule has 2 heterocycles. The van der Waals surface area contributed by atoms with Crippen molar-refractivity contribution in [1.82, 2.24) is 14.8 Å². The zero-order valence-electron chi connectivity index (χ0n) is 14.6. The van der Waals surface area contributed by atoms with Crippen molar-refractivity contribution >= 4 is 18.3 Å². The first-order chi connectivity index (χ1) is 11.1. The highest BCUT2D eigenvalue weighted by Gasteiger charge is 2.26. The molecule has 130 valence electrons. The van der Waals surface area contributed by atoms with Crippen molar-refractivity contribution < 1.29 is 4.79 Å². The molecule has 0 spiro atoms. The van der Waals surface area contributed by atoms with Gasteiger partial charge in [-0.1, -0.05) is 30.3 Å². The Morgan fingerprint density at radius 3 is 2.62 bits per heavy atom. The highest BCUT2D eigenvalue weighted by molar-refractivity contribution is 5.95.